The number of benzene rings is 1. The Morgan fingerprint density at radius 1 is 1.08 bits per heavy atom. The van der Waals surface area contributed by atoms with Gasteiger partial charge in [-0.15, -0.1) is 0 Å². The Labute approximate surface area is 150 Å². The summed E-state index contributed by atoms with van der Waals surface area (Å²) in [5.41, 5.74) is 1.19. The van der Waals surface area contributed by atoms with E-state index >= 15 is 0 Å². The molecule has 1 aromatic rings. The summed E-state index contributed by atoms with van der Waals surface area (Å²) in [7, 11) is 0. The minimum absolute atomic E-state index is 0.104. The third-order valence-corrected chi connectivity index (χ3v) is 5.13. The van der Waals surface area contributed by atoms with Crippen molar-refractivity contribution < 1.29 is 19.1 Å². The topological polar surface area (TPSA) is 52.6 Å². The van der Waals surface area contributed by atoms with Gasteiger partial charge in [0.1, 0.15) is 5.78 Å². The molecular weight excluding hydrogens is 316 g/mol. The normalized spacial score (nSPS) is 21.5. The van der Waals surface area contributed by atoms with Gasteiger partial charge in [0.2, 0.25) is 0 Å². The zero-order valence-electron chi connectivity index (χ0n) is 15.4. The van der Waals surface area contributed by atoms with E-state index in [0.29, 0.717) is 25.6 Å². The van der Waals surface area contributed by atoms with Crippen molar-refractivity contribution in [2.45, 2.75) is 65.1 Å². The average Bonchev–Trinajstić information content (AvgIpc) is 2.65. The Hall–Kier alpha value is -1.68. The summed E-state index contributed by atoms with van der Waals surface area (Å²) in [6, 6.07) is 10.2. The van der Waals surface area contributed by atoms with Gasteiger partial charge in [-0.05, 0) is 51.0 Å². The molecule has 1 aliphatic carbocycles. The lowest BCUT2D eigenvalue weighted by Crippen LogP contribution is -2.29. The second-order valence-electron chi connectivity index (χ2n) is 6.88. The lowest BCUT2D eigenvalue weighted by Gasteiger charge is -2.31. The molecule has 0 spiro atoms. The van der Waals surface area contributed by atoms with Gasteiger partial charge in [-0.1, -0.05) is 30.3 Å². The molecule has 1 fully saturated rings. The molecule has 4 heteroatoms. The number of rotatable bonds is 9. The van der Waals surface area contributed by atoms with Crippen LogP contribution in [0.1, 0.15) is 57.9 Å². The fourth-order valence-electron chi connectivity index (χ4n) is 3.51. The van der Waals surface area contributed by atoms with Crippen LogP contribution in [0.5, 0.6) is 0 Å². The van der Waals surface area contributed by atoms with Gasteiger partial charge in [0.25, 0.3) is 0 Å². The summed E-state index contributed by atoms with van der Waals surface area (Å²) in [5, 5.41) is 0. The van der Waals surface area contributed by atoms with Gasteiger partial charge in [-0.2, -0.15) is 0 Å². The molecular formula is C21H30O4. The van der Waals surface area contributed by atoms with E-state index in [0.717, 1.165) is 25.7 Å². The lowest BCUT2D eigenvalue weighted by molar-refractivity contribution is -0.144. The van der Waals surface area contributed by atoms with Gasteiger partial charge in [0, 0.05) is 12.3 Å². The van der Waals surface area contributed by atoms with Crippen LogP contribution in [-0.2, 0) is 25.7 Å². The van der Waals surface area contributed by atoms with Crippen LogP contribution in [0.15, 0.2) is 30.3 Å². The maximum atomic E-state index is 12.3. The first-order chi connectivity index (χ1) is 12.1. The first kappa shape index (κ1) is 19.6. The number of Topliss-reactive ketones (excluding diaryl/α,β-unsaturated/α-hetero) is 1. The third-order valence-electron chi connectivity index (χ3n) is 5.13. The van der Waals surface area contributed by atoms with E-state index in [1.807, 2.05) is 18.2 Å². The standard InChI is InChI=1S/C21H30O4/c1-3-24-21(23)14-13-20(22)19-11-9-18(10-12-19)16(2)25-15-17-7-5-4-6-8-17/h4-8,16,18-19H,3,9-15H2,1-2H3. The molecule has 1 aliphatic rings. The van der Waals surface area contributed by atoms with E-state index in [1.54, 1.807) is 6.92 Å². The van der Waals surface area contributed by atoms with Crippen molar-refractivity contribution in [1.29, 1.82) is 0 Å². The predicted octanol–water partition coefficient (Wildman–Crippen LogP) is 4.31. The maximum absolute atomic E-state index is 12.3. The molecule has 1 saturated carbocycles. The van der Waals surface area contributed by atoms with Crippen LogP contribution in [0.3, 0.4) is 0 Å². The highest BCUT2D eigenvalue weighted by Gasteiger charge is 2.29. The van der Waals surface area contributed by atoms with Gasteiger partial charge in [0.15, 0.2) is 0 Å². The maximum Gasteiger partial charge on any atom is 0.306 e. The van der Waals surface area contributed by atoms with Crippen LogP contribution in [0.4, 0.5) is 0 Å². The van der Waals surface area contributed by atoms with E-state index < -0.39 is 0 Å². The SMILES string of the molecule is CCOC(=O)CCC(=O)C1CCC(C(C)OCc2ccccc2)CC1. The van der Waals surface area contributed by atoms with Crippen molar-refractivity contribution in [3.05, 3.63) is 35.9 Å². The molecule has 0 heterocycles. The van der Waals surface area contributed by atoms with Crippen molar-refractivity contribution in [2.75, 3.05) is 6.61 Å². The van der Waals surface area contributed by atoms with E-state index in [2.05, 4.69) is 19.1 Å². The number of ether oxygens (including phenoxy) is 2. The van der Waals surface area contributed by atoms with Crippen LogP contribution >= 0.6 is 0 Å². The Morgan fingerprint density at radius 2 is 1.76 bits per heavy atom. The quantitative estimate of drug-likeness (QED) is 0.625. The zero-order chi connectivity index (χ0) is 18.1. The van der Waals surface area contributed by atoms with Gasteiger partial charge in [-0.3, -0.25) is 9.59 Å². The molecule has 0 radical (unpaired) electrons. The Morgan fingerprint density at radius 3 is 2.40 bits per heavy atom. The fraction of sp³-hybridized carbons (Fsp3) is 0.619. The van der Waals surface area contributed by atoms with Crippen LogP contribution in [0.2, 0.25) is 0 Å². The molecule has 0 aromatic heterocycles. The molecule has 4 nitrogen and oxygen atoms in total. The second-order valence-corrected chi connectivity index (χ2v) is 6.88. The van der Waals surface area contributed by atoms with Crippen molar-refractivity contribution in [2.24, 2.45) is 11.8 Å². The van der Waals surface area contributed by atoms with Gasteiger partial charge in [-0.25, -0.2) is 0 Å². The lowest BCUT2D eigenvalue weighted by atomic mass is 9.77. The van der Waals surface area contributed by atoms with E-state index in [-0.39, 0.29) is 30.2 Å². The summed E-state index contributed by atoms with van der Waals surface area (Å²) < 4.78 is 10.9. The van der Waals surface area contributed by atoms with Crippen LogP contribution in [-0.4, -0.2) is 24.5 Å². The van der Waals surface area contributed by atoms with Crippen molar-refractivity contribution in [3.63, 3.8) is 0 Å². The van der Waals surface area contributed by atoms with E-state index in [1.165, 1.54) is 5.56 Å². The average molecular weight is 346 g/mol. The number of carbonyl (C=O) groups is 2. The molecule has 138 valence electrons. The molecule has 1 unspecified atom stereocenters. The molecule has 0 saturated heterocycles. The van der Waals surface area contributed by atoms with E-state index in [9.17, 15) is 9.59 Å². The molecule has 1 atom stereocenters. The summed E-state index contributed by atoms with van der Waals surface area (Å²) in [6.45, 7) is 4.93. The Balaban J connectivity index is 1.68. The molecule has 1 aromatic carbocycles. The van der Waals surface area contributed by atoms with Crippen LogP contribution < -0.4 is 0 Å². The molecule has 0 N–H and O–H groups in total. The number of hydrogen-bond donors (Lipinski definition) is 0. The molecule has 0 bridgehead atoms. The van der Waals surface area contributed by atoms with Gasteiger partial charge < -0.3 is 9.47 Å². The highest BCUT2D eigenvalue weighted by molar-refractivity contribution is 5.84. The Kier molecular flexibility index (Phi) is 8.13. The summed E-state index contributed by atoms with van der Waals surface area (Å²) >= 11 is 0. The summed E-state index contributed by atoms with van der Waals surface area (Å²) in [6.07, 6.45) is 4.59. The highest BCUT2D eigenvalue weighted by Crippen LogP contribution is 2.33. The summed E-state index contributed by atoms with van der Waals surface area (Å²) in [4.78, 5) is 23.6. The molecule has 2 rings (SSSR count). The van der Waals surface area contributed by atoms with Crippen molar-refractivity contribution in [3.8, 4) is 0 Å². The Bertz CT molecular complexity index is 532. The predicted molar refractivity (Wildman–Crippen MR) is 97.0 cm³/mol. The van der Waals surface area contributed by atoms with E-state index in [4.69, 9.17) is 9.47 Å². The van der Waals surface area contributed by atoms with Crippen molar-refractivity contribution >= 4 is 11.8 Å². The minimum Gasteiger partial charge on any atom is -0.466 e. The largest absolute Gasteiger partial charge is 0.466 e. The molecule has 25 heavy (non-hydrogen) atoms. The zero-order valence-corrected chi connectivity index (χ0v) is 15.4. The van der Waals surface area contributed by atoms with Gasteiger partial charge >= 0.3 is 5.97 Å². The second kappa shape index (κ2) is 10.3. The number of esters is 1. The van der Waals surface area contributed by atoms with Crippen LogP contribution in [0.25, 0.3) is 0 Å². The number of carbonyl (C=O) groups excluding carboxylic acids is 2. The third kappa shape index (κ3) is 6.62. The van der Waals surface area contributed by atoms with Gasteiger partial charge in [0.05, 0.1) is 25.7 Å². The van der Waals surface area contributed by atoms with Crippen LogP contribution in [0, 0.1) is 11.8 Å². The molecule has 0 aliphatic heterocycles. The number of hydrogen-bond acceptors (Lipinski definition) is 4. The molecule has 0 amide bonds. The monoisotopic (exact) mass is 346 g/mol. The van der Waals surface area contributed by atoms with Crippen molar-refractivity contribution in [1.82, 2.24) is 0 Å². The smallest absolute Gasteiger partial charge is 0.306 e. The minimum atomic E-state index is -0.271. The summed E-state index contributed by atoms with van der Waals surface area (Å²) in [5.74, 6) is 0.557. The first-order valence-corrected chi connectivity index (χ1v) is 9.44. The highest BCUT2D eigenvalue weighted by atomic mass is 16.5. The fourth-order valence-corrected chi connectivity index (χ4v) is 3.51. The first-order valence-electron chi connectivity index (χ1n) is 9.44. The number of ketones is 1.